The maximum atomic E-state index is 12.3. The van der Waals surface area contributed by atoms with Crippen LogP contribution in [0.4, 0.5) is 0 Å². The van der Waals surface area contributed by atoms with E-state index in [2.05, 4.69) is 17.5 Å². The number of nitrogens with zero attached hydrogens (tertiary/aromatic N) is 1. The van der Waals surface area contributed by atoms with Crippen LogP contribution in [0.25, 0.3) is 10.8 Å². The summed E-state index contributed by atoms with van der Waals surface area (Å²) in [6, 6.07) is 19.6. The summed E-state index contributed by atoms with van der Waals surface area (Å²) in [4.78, 5) is 12.3. The van der Waals surface area contributed by atoms with Gasteiger partial charge in [-0.2, -0.15) is 5.10 Å². The topological polar surface area (TPSA) is 59.9 Å². The molecule has 31 heavy (non-hydrogen) atoms. The van der Waals surface area contributed by atoms with E-state index in [0.717, 1.165) is 34.1 Å². The second kappa shape index (κ2) is 11.7. The number of carbonyl (C=O) groups excluding carboxylic acids is 1. The lowest BCUT2D eigenvalue weighted by Crippen LogP contribution is -2.19. The van der Waals surface area contributed by atoms with Crippen LogP contribution in [-0.2, 0) is 11.2 Å². The third kappa shape index (κ3) is 6.57. The first-order chi connectivity index (χ1) is 15.2. The number of amides is 1. The van der Waals surface area contributed by atoms with Crippen LogP contribution in [0, 0.1) is 0 Å². The van der Waals surface area contributed by atoms with E-state index < -0.39 is 0 Å². The fourth-order valence-electron chi connectivity index (χ4n) is 3.43. The van der Waals surface area contributed by atoms with Gasteiger partial charge in [0.2, 0.25) is 5.91 Å². The summed E-state index contributed by atoms with van der Waals surface area (Å²) in [6.45, 7) is 2.87. The Labute approximate surface area is 184 Å². The monoisotopic (exact) mass is 418 g/mol. The molecule has 1 N–H and O–H groups in total. The Hall–Kier alpha value is -3.34. The Balaban J connectivity index is 1.55. The molecule has 5 heteroatoms. The number of nitrogens with one attached hydrogen (secondary N) is 1. The molecule has 0 saturated heterocycles. The van der Waals surface area contributed by atoms with Crippen molar-refractivity contribution < 1.29 is 14.3 Å². The highest BCUT2D eigenvalue weighted by Gasteiger charge is 2.07. The Morgan fingerprint density at radius 1 is 1.00 bits per heavy atom. The van der Waals surface area contributed by atoms with E-state index in [1.165, 1.54) is 19.3 Å². The predicted octanol–water partition coefficient (Wildman–Crippen LogP) is 5.50. The predicted molar refractivity (Wildman–Crippen MR) is 126 cm³/mol. The molecular formula is C26H30N2O3. The fourth-order valence-corrected chi connectivity index (χ4v) is 3.43. The molecule has 0 fully saturated rings. The number of hydrazone groups is 1. The molecule has 162 valence electrons. The van der Waals surface area contributed by atoms with Crippen LogP contribution < -0.4 is 14.9 Å². The number of fused-ring (bicyclic) bond motifs is 1. The van der Waals surface area contributed by atoms with Crippen LogP contribution in [0.5, 0.6) is 11.5 Å². The summed E-state index contributed by atoms with van der Waals surface area (Å²) in [5.74, 6) is 1.21. The van der Waals surface area contributed by atoms with Crippen molar-refractivity contribution >= 4 is 22.9 Å². The van der Waals surface area contributed by atoms with Crippen LogP contribution in [0.2, 0.25) is 0 Å². The number of unbranched alkanes of at least 4 members (excludes halogenated alkanes) is 3. The van der Waals surface area contributed by atoms with Crippen molar-refractivity contribution in [2.24, 2.45) is 5.10 Å². The average Bonchev–Trinajstić information content (AvgIpc) is 2.80. The SMILES string of the molecule is CCCCCCOc1ccc(/C=N/NC(=O)Cc2cccc3ccccc23)cc1OC. The van der Waals surface area contributed by atoms with E-state index in [9.17, 15) is 4.79 Å². The van der Waals surface area contributed by atoms with Crippen LogP contribution >= 0.6 is 0 Å². The Bertz CT molecular complexity index is 1020. The molecule has 0 radical (unpaired) electrons. The second-order valence-electron chi connectivity index (χ2n) is 7.43. The number of methoxy groups -OCH3 is 1. The zero-order valence-electron chi connectivity index (χ0n) is 18.3. The van der Waals surface area contributed by atoms with Crippen molar-refractivity contribution in [3.8, 4) is 11.5 Å². The van der Waals surface area contributed by atoms with Crippen molar-refractivity contribution in [2.45, 2.75) is 39.0 Å². The lowest BCUT2D eigenvalue weighted by molar-refractivity contribution is -0.120. The number of ether oxygens (including phenoxy) is 2. The minimum absolute atomic E-state index is 0.161. The molecule has 0 aliphatic carbocycles. The number of rotatable bonds is 11. The van der Waals surface area contributed by atoms with E-state index in [-0.39, 0.29) is 12.3 Å². The number of benzene rings is 3. The maximum absolute atomic E-state index is 12.3. The van der Waals surface area contributed by atoms with Crippen molar-refractivity contribution in [3.05, 3.63) is 71.8 Å². The minimum atomic E-state index is -0.161. The molecule has 0 heterocycles. The standard InChI is InChI=1S/C26H30N2O3/c1-3-4-5-8-16-31-24-15-14-20(17-25(24)30-2)19-27-28-26(29)18-22-12-9-11-21-10-6-7-13-23(21)22/h6-7,9-15,17,19H,3-5,8,16,18H2,1-2H3,(H,28,29)/b27-19+. The highest BCUT2D eigenvalue weighted by atomic mass is 16.5. The highest BCUT2D eigenvalue weighted by Crippen LogP contribution is 2.27. The first-order valence-electron chi connectivity index (χ1n) is 10.8. The van der Waals surface area contributed by atoms with Crippen LogP contribution in [-0.4, -0.2) is 25.8 Å². The zero-order chi connectivity index (χ0) is 21.9. The molecule has 0 aliphatic heterocycles. The quantitative estimate of drug-likeness (QED) is 0.254. The fraction of sp³-hybridized carbons (Fsp3) is 0.308. The summed E-state index contributed by atoms with van der Waals surface area (Å²) in [7, 11) is 1.62. The molecular weight excluding hydrogens is 388 g/mol. The highest BCUT2D eigenvalue weighted by molar-refractivity contribution is 5.90. The normalized spacial score (nSPS) is 11.0. The van der Waals surface area contributed by atoms with Crippen molar-refractivity contribution in [3.63, 3.8) is 0 Å². The molecule has 0 unspecified atom stereocenters. The Kier molecular flexibility index (Phi) is 8.47. The molecule has 1 amide bonds. The molecule has 5 nitrogen and oxygen atoms in total. The van der Waals surface area contributed by atoms with E-state index in [4.69, 9.17) is 9.47 Å². The molecule has 0 saturated carbocycles. The van der Waals surface area contributed by atoms with Crippen molar-refractivity contribution in [1.82, 2.24) is 5.43 Å². The lowest BCUT2D eigenvalue weighted by atomic mass is 10.0. The van der Waals surface area contributed by atoms with Gasteiger partial charge in [-0.3, -0.25) is 4.79 Å². The van der Waals surface area contributed by atoms with Gasteiger partial charge in [0, 0.05) is 0 Å². The first-order valence-corrected chi connectivity index (χ1v) is 10.8. The van der Waals surface area contributed by atoms with Crippen molar-refractivity contribution in [2.75, 3.05) is 13.7 Å². The van der Waals surface area contributed by atoms with Gasteiger partial charge in [-0.15, -0.1) is 0 Å². The van der Waals surface area contributed by atoms with E-state index in [1.54, 1.807) is 13.3 Å². The Morgan fingerprint density at radius 3 is 2.68 bits per heavy atom. The molecule has 3 rings (SSSR count). The first kappa shape index (κ1) is 22.3. The minimum Gasteiger partial charge on any atom is -0.493 e. The molecule has 0 aliphatic rings. The van der Waals surface area contributed by atoms with Gasteiger partial charge in [0.25, 0.3) is 0 Å². The van der Waals surface area contributed by atoms with Gasteiger partial charge in [0.05, 0.1) is 26.4 Å². The van der Waals surface area contributed by atoms with Gasteiger partial charge < -0.3 is 9.47 Å². The summed E-state index contributed by atoms with van der Waals surface area (Å²) in [5.41, 5.74) is 4.41. The van der Waals surface area contributed by atoms with Crippen LogP contribution in [0.3, 0.4) is 0 Å². The summed E-state index contributed by atoms with van der Waals surface area (Å²) < 4.78 is 11.3. The van der Waals surface area contributed by atoms with Crippen LogP contribution in [0.15, 0.2) is 65.8 Å². The smallest absolute Gasteiger partial charge is 0.244 e. The number of hydrogen-bond donors (Lipinski definition) is 1. The van der Waals surface area contributed by atoms with Gasteiger partial charge in [0.1, 0.15) is 0 Å². The van der Waals surface area contributed by atoms with Gasteiger partial charge >= 0.3 is 0 Å². The van der Waals surface area contributed by atoms with Gasteiger partial charge in [-0.1, -0.05) is 68.7 Å². The van der Waals surface area contributed by atoms with Gasteiger partial charge in [-0.25, -0.2) is 5.43 Å². The van der Waals surface area contributed by atoms with E-state index in [0.29, 0.717) is 12.4 Å². The van der Waals surface area contributed by atoms with E-state index in [1.807, 2.05) is 60.7 Å². The molecule has 0 atom stereocenters. The maximum Gasteiger partial charge on any atom is 0.244 e. The van der Waals surface area contributed by atoms with E-state index >= 15 is 0 Å². The van der Waals surface area contributed by atoms with Crippen molar-refractivity contribution in [1.29, 1.82) is 0 Å². The summed E-state index contributed by atoms with van der Waals surface area (Å²) >= 11 is 0. The average molecular weight is 419 g/mol. The third-order valence-corrected chi connectivity index (χ3v) is 5.08. The molecule has 0 spiro atoms. The van der Waals surface area contributed by atoms with Gasteiger partial charge in [-0.05, 0) is 46.5 Å². The number of carbonyl (C=O) groups is 1. The molecule has 0 aromatic heterocycles. The van der Waals surface area contributed by atoms with Crippen LogP contribution in [0.1, 0.15) is 43.7 Å². The second-order valence-corrected chi connectivity index (χ2v) is 7.43. The summed E-state index contributed by atoms with van der Waals surface area (Å²) in [5, 5.41) is 6.30. The summed E-state index contributed by atoms with van der Waals surface area (Å²) in [6.07, 6.45) is 6.50. The Morgan fingerprint density at radius 2 is 1.84 bits per heavy atom. The third-order valence-electron chi connectivity index (χ3n) is 5.08. The number of hydrogen-bond acceptors (Lipinski definition) is 4. The molecule has 3 aromatic carbocycles. The molecule has 0 bridgehead atoms. The van der Waals surface area contributed by atoms with Gasteiger partial charge in [0.15, 0.2) is 11.5 Å². The molecule has 3 aromatic rings. The lowest BCUT2D eigenvalue weighted by Gasteiger charge is -2.11. The largest absolute Gasteiger partial charge is 0.493 e. The zero-order valence-corrected chi connectivity index (χ0v) is 18.3.